The first kappa shape index (κ1) is 19.7. The number of hydrogen-bond acceptors (Lipinski definition) is 4. The van der Waals surface area contributed by atoms with Crippen LogP contribution in [0.2, 0.25) is 0 Å². The summed E-state index contributed by atoms with van der Waals surface area (Å²) in [6.45, 7) is 5.24. The summed E-state index contributed by atoms with van der Waals surface area (Å²) < 4.78 is 10.8. The van der Waals surface area contributed by atoms with Gasteiger partial charge in [-0.25, -0.2) is 0 Å². The number of nitrogens with one attached hydrogen (secondary N) is 1. The van der Waals surface area contributed by atoms with Crippen molar-refractivity contribution in [2.75, 3.05) is 20.2 Å². The zero-order valence-electron chi connectivity index (χ0n) is 14.0. The van der Waals surface area contributed by atoms with E-state index in [1.54, 1.807) is 7.11 Å². The van der Waals surface area contributed by atoms with Gasteiger partial charge >= 0.3 is 0 Å². The monoisotopic (exact) mass is 342 g/mol. The molecule has 0 aromatic heterocycles. The first-order chi connectivity index (χ1) is 10.5. The SMILES string of the molecule is COc1ccc(C(C)(C)CNC(=O)[C@@H]2CC[C@H](CN)O2)cc1.Cl. The van der Waals surface area contributed by atoms with Gasteiger partial charge in [0.05, 0.1) is 13.2 Å². The van der Waals surface area contributed by atoms with E-state index in [-0.39, 0.29) is 35.9 Å². The summed E-state index contributed by atoms with van der Waals surface area (Å²) in [5.74, 6) is 0.785. The number of amides is 1. The maximum Gasteiger partial charge on any atom is 0.249 e. The summed E-state index contributed by atoms with van der Waals surface area (Å²) in [6.07, 6.45) is 1.26. The zero-order chi connectivity index (χ0) is 16.2. The summed E-state index contributed by atoms with van der Waals surface area (Å²) in [5, 5.41) is 3.00. The molecule has 0 unspecified atom stereocenters. The van der Waals surface area contributed by atoms with E-state index in [0.29, 0.717) is 13.1 Å². The van der Waals surface area contributed by atoms with Crippen LogP contribution in [0.15, 0.2) is 24.3 Å². The molecule has 6 heteroatoms. The molecule has 1 amide bonds. The Balaban J connectivity index is 0.00000264. The van der Waals surface area contributed by atoms with Crippen LogP contribution >= 0.6 is 12.4 Å². The normalized spacial score (nSPS) is 20.7. The number of halogens is 1. The number of nitrogens with two attached hydrogens (primary N) is 1. The second kappa shape index (κ2) is 8.52. The number of rotatable bonds is 6. The van der Waals surface area contributed by atoms with Gasteiger partial charge in [-0.3, -0.25) is 4.79 Å². The van der Waals surface area contributed by atoms with Crippen molar-refractivity contribution in [2.24, 2.45) is 5.73 Å². The minimum absolute atomic E-state index is 0. The number of hydrogen-bond donors (Lipinski definition) is 2. The van der Waals surface area contributed by atoms with Gasteiger partial charge in [0, 0.05) is 18.5 Å². The van der Waals surface area contributed by atoms with Crippen molar-refractivity contribution < 1.29 is 14.3 Å². The minimum atomic E-state index is -0.361. The number of carbonyl (C=O) groups excluding carboxylic acids is 1. The Hall–Kier alpha value is -1.30. The van der Waals surface area contributed by atoms with Gasteiger partial charge in [-0.1, -0.05) is 26.0 Å². The molecule has 5 nitrogen and oxygen atoms in total. The van der Waals surface area contributed by atoms with Crippen LogP contribution in [-0.4, -0.2) is 38.3 Å². The van der Waals surface area contributed by atoms with E-state index >= 15 is 0 Å². The second-order valence-corrected chi connectivity index (χ2v) is 6.39. The van der Waals surface area contributed by atoms with Gasteiger partial charge in [-0.2, -0.15) is 0 Å². The van der Waals surface area contributed by atoms with Crippen molar-refractivity contribution in [3.05, 3.63) is 29.8 Å². The fourth-order valence-electron chi connectivity index (χ4n) is 2.64. The number of benzene rings is 1. The maximum absolute atomic E-state index is 12.2. The van der Waals surface area contributed by atoms with Crippen molar-refractivity contribution in [1.29, 1.82) is 0 Å². The highest BCUT2D eigenvalue weighted by Gasteiger charge is 2.31. The standard InChI is InChI=1S/C17H26N2O3.ClH/c1-17(2,12-4-6-13(21-3)7-5-12)11-19-16(20)15-9-8-14(10-18)22-15;/h4-7,14-15H,8-11,18H2,1-3H3,(H,19,20);1H/t14-,15+;/m1./s1. The van der Waals surface area contributed by atoms with E-state index < -0.39 is 0 Å². The molecule has 1 heterocycles. The van der Waals surface area contributed by atoms with Gasteiger partial charge in [0.2, 0.25) is 5.91 Å². The molecule has 1 aromatic carbocycles. The average Bonchev–Trinajstić information content (AvgIpc) is 3.02. The summed E-state index contributed by atoms with van der Waals surface area (Å²) in [4.78, 5) is 12.2. The summed E-state index contributed by atoms with van der Waals surface area (Å²) in [6, 6.07) is 7.93. The molecule has 0 bridgehead atoms. The molecule has 1 saturated heterocycles. The van der Waals surface area contributed by atoms with Gasteiger partial charge < -0.3 is 20.5 Å². The smallest absolute Gasteiger partial charge is 0.249 e. The van der Waals surface area contributed by atoms with Crippen molar-refractivity contribution in [3.8, 4) is 5.75 Å². The van der Waals surface area contributed by atoms with Crippen LogP contribution in [0.1, 0.15) is 32.3 Å². The molecule has 2 atom stereocenters. The first-order valence-electron chi connectivity index (χ1n) is 7.74. The molecule has 23 heavy (non-hydrogen) atoms. The van der Waals surface area contributed by atoms with Crippen LogP contribution in [-0.2, 0) is 14.9 Å². The van der Waals surface area contributed by atoms with Gasteiger partial charge in [0.25, 0.3) is 0 Å². The lowest BCUT2D eigenvalue weighted by Crippen LogP contribution is -2.42. The third-order valence-electron chi connectivity index (χ3n) is 4.24. The van der Waals surface area contributed by atoms with Crippen LogP contribution in [0.4, 0.5) is 0 Å². The topological polar surface area (TPSA) is 73.6 Å². The Kier molecular flexibility index (Phi) is 7.32. The zero-order valence-corrected chi connectivity index (χ0v) is 14.8. The molecule has 2 rings (SSSR count). The summed E-state index contributed by atoms with van der Waals surface area (Å²) in [5.41, 5.74) is 6.57. The van der Waals surface area contributed by atoms with Crippen molar-refractivity contribution in [3.63, 3.8) is 0 Å². The van der Waals surface area contributed by atoms with Gasteiger partial charge in [0.15, 0.2) is 0 Å². The molecule has 0 radical (unpaired) electrons. The van der Waals surface area contributed by atoms with Crippen LogP contribution in [0.3, 0.4) is 0 Å². The highest BCUT2D eigenvalue weighted by Crippen LogP contribution is 2.25. The third-order valence-corrected chi connectivity index (χ3v) is 4.24. The van der Waals surface area contributed by atoms with Crippen LogP contribution in [0.25, 0.3) is 0 Å². The Labute approximate surface area is 144 Å². The van der Waals surface area contributed by atoms with Gasteiger partial charge in [-0.15, -0.1) is 12.4 Å². The second-order valence-electron chi connectivity index (χ2n) is 6.39. The Bertz CT molecular complexity index is 505. The predicted octanol–water partition coefficient (Wildman–Crippen LogP) is 2.02. The average molecular weight is 343 g/mol. The first-order valence-corrected chi connectivity index (χ1v) is 7.74. The number of carbonyl (C=O) groups is 1. The van der Waals surface area contributed by atoms with E-state index in [1.807, 2.05) is 24.3 Å². The highest BCUT2D eigenvalue weighted by atomic mass is 35.5. The van der Waals surface area contributed by atoms with Crippen LogP contribution in [0.5, 0.6) is 5.75 Å². The van der Waals surface area contributed by atoms with Gasteiger partial charge in [0.1, 0.15) is 11.9 Å². The molecule has 1 aliphatic rings. The maximum atomic E-state index is 12.2. The predicted molar refractivity (Wildman–Crippen MR) is 93.2 cm³/mol. The van der Waals surface area contributed by atoms with E-state index in [0.717, 1.165) is 24.2 Å². The minimum Gasteiger partial charge on any atom is -0.497 e. The summed E-state index contributed by atoms with van der Waals surface area (Å²) >= 11 is 0. The van der Waals surface area contributed by atoms with E-state index in [2.05, 4.69) is 19.2 Å². The molecule has 130 valence electrons. The summed E-state index contributed by atoms with van der Waals surface area (Å²) in [7, 11) is 1.65. The number of methoxy groups -OCH3 is 1. The Morgan fingerprint density at radius 2 is 2.00 bits per heavy atom. The van der Waals surface area contributed by atoms with Crippen molar-refractivity contribution in [1.82, 2.24) is 5.32 Å². The van der Waals surface area contributed by atoms with Crippen molar-refractivity contribution >= 4 is 18.3 Å². The molecular weight excluding hydrogens is 316 g/mol. The molecule has 0 saturated carbocycles. The van der Waals surface area contributed by atoms with E-state index in [1.165, 1.54) is 0 Å². The molecule has 3 N–H and O–H groups in total. The fraction of sp³-hybridized carbons (Fsp3) is 0.588. The van der Waals surface area contributed by atoms with Crippen LogP contribution in [0, 0.1) is 0 Å². The molecule has 0 spiro atoms. The largest absolute Gasteiger partial charge is 0.497 e. The molecular formula is C17H27ClN2O3. The lowest BCUT2D eigenvalue weighted by molar-refractivity contribution is -0.132. The fourth-order valence-corrected chi connectivity index (χ4v) is 2.64. The van der Waals surface area contributed by atoms with E-state index in [9.17, 15) is 4.79 Å². The Morgan fingerprint density at radius 3 is 2.52 bits per heavy atom. The lowest BCUT2D eigenvalue weighted by Gasteiger charge is -2.26. The molecule has 1 fully saturated rings. The molecule has 1 aliphatic heterocycles. The lowest BCUT2D eigenvalue weighted by atomic mass is 9.84. The van der Waals surface area contributed by atoms with Crippen LogP contribution < -0.4 is 15.8 Å². The van der Waals surface area contributed by atoms with E-state index in [4.69, 9.17) is 15.2 Å². The quantitative estimate of drug-likeness (QED) is 0.829. The Morgan fingerprint density at radius 1 is 1.35 bits per heavy atom. The highest BCUT2D eigenvalue weighted by molar-refractivity contribution is 5.85. The van der Waals surface area contributed by atoms with Crippen molar-refractivity contribution in [2.45, 2.75) is 44.3 Å². The van der Waals surface area contributed by atoms with Gasteiger partial charge in [-0.05, 0) is 30.5 Å². The molecule has 1 aromatic rings. The number of ether oxygens (including phenoxy) is 2. The molecule has 0 aliphatic carbocycles. The third kappa shape index (κ3) is 5.09.